The van der Waals surface area contributed by atoms with Crippen molar-refractivity contribution in [1.29, 1.82) is 5.26 Å². The average Bonchev–Trinajstić information content (AvgIpc) is 3.28. The van der Waals surface area contributed by atoms with Gasteiger partial charge >= 0.3 is 0 Å². The van der Waals surface area contributed by atoms with Crippen molar-refractivity contribution in [2.24, 2.45) is 5.92 Å². The van der Waals surface area contributed by atoms with Gasteiger partial charge in [0.2, 0.25) is 5.91 Å². The molecule has 20 heavy (non-hydrogen) atoms. The van der Waals surface area contributed by atoms with E-state index in [9.17, 15) is 4.79 Å². The molecule has 1 aliphatic carbocycles. The number of rotatable bonds is 7. The fraction of sp³-hybridized carbons (Fsp3) is 0.500. The van der Waals surface area contributed by atoms with Crippen molar-refractivity contribution in [3.63, 3.8) is 0 Å². The lowest BCUT2D eigenvalue weighted by Gasteiger charge is -2.17. The molecule has 0 heterocycles. The largest absolute Gasteiger partial charge is 0.379 e. The number of likely N-dealkylation sites (N-methyl/N-ethyl adjacent to an activating group) is 1. The summed E-state index contributed by atoms with van der Waals surface area (Å²) in [6.45, 7) is 2.06. The van der Waals surface area contributed by atoms with Crippen LogP contribution in [0, 0.1) is 17.2 Å². The smallest absolute Gasteiger partial charge is 0.226 e. The Morgan fingerprint density at radius 1 is 1.40 bits per heavy atom. The molecule has 0 spiro atoms. The van der Waals surface area contributed by atoms with Crippen molar-refractivity contribution in [1.82, 2.24) is 4.90 Å². The van der Waals surface area contributed by atoms with E-state index < -0.39 is 0 Å². The van der Waals surface area contributed by atoms with E-state index in [1.807, 2.05) is 12.1 Å². The van der Waals surface area contributed by atoms with Crippen LogP contribution in [0.1, 0.15) is 24.0 Å². The van der Waals surface area contributed by atoms with Crippen molar-refractivity contribution in [3.05, 3.63) is 35.4 Å². The molecule has 2 rings (SSSR count). The minimum atomic E-state index is 0.0738. The number of nitriles is 1. The summed E-state index contributed by atoms with van der Waals surface area (Å²) in [4.78, 5) is 13.7. The number of nitrogens with zero attached hydrogens (tertiary/aromatic N) is 2. The van der Waals surface area contributed by atoms with E-state index in [1.165, 1.54) is 12.8 Å². The summed E-state index contributed by atoms with van der Waals surface area (Å²) in [6.07, 6.45) is 2.94. The molecule has 1 aromatic rings. The predicted molar refractivity (Wildman–Crippen MR) is 76.0 cm³/mol. The summed E-state index contributed by atoms with van der Waals surface area (Å²) < 4.78 is 5.53. The molecule has 0 aliphatic heterocycles. The molecule has 0 aromatic heterocycles. The first kappa shape index (κ1) is 14.5. The summed E-state index contributed by atoms with van der Waals surface area (Å²) in [5, 5.41) is 8.72. The zero-order valence-corrected chi connectivity index (χ0v) is 11.8. The monoisotopic (exact) mass is 272 g/mol. The molecule has 1 amide bonds. The lowest BCUT2D eigenvalue weighted by atomic mass is 10.1. The topological polar surface area (TPSA) is 53.3 Å². The summed E-state index contributed by atoms with van der Waals surface area (Å²) in [6, 6.07) is 9.20. The highest BCUT2D eigenvalue weighted by Gasteiger charge is 2.21. The van der Waals surface area contributed by atoms with Crippen LogP contribution in [0.2, 0.25) is 0 Å². The third-order valence-corrected chi connectivity index (χ3v) is 3.49. The number of benzene rings is 1. The minimum Gasteiger partial charge on any atom is -0.379 e. The van der Waals surface area contributed by atoms with E-state index in [-0.39, 0.29) is 5.91 Å². The number of hydrogen-bond donors (Lipinski definition) is 0. The van der Waals surface area contributed by atoms with Gasteiger partial charge in [-0.1, -0.05) is 12.1 Å². The molecule has 0 unspecified atom stereocenters. The van der Waals surface area contributed by atoms with Crippen LogP contribution in [0.3, 0.4) is 0 Å². The van der Waals surface area contributed by atoms with Crippen LogP contribution in [-0.4, -0.2) is 37.6 Å². The van der Waals surface area contributed by atoms with Gasteiger partial charge in [-0.05, 0) is 36.5 Å². The third kappa shape index (κ3) is 4.67. The van der Waals surface area contributed by atoms with Crippen LogP contribution in [0.15, 0.2) is 24.3 Å². The van der Waals surface area contributed by atoms with Gasteiger partial charge in [0, 0.05) is 20.2 Å². The average molecular weight is 272 g/mol. The van der Waals surface area contributed by atoms with Crippen molar-refractivity contribution in [2.75, 3.05) is 26.8 Å². The molecule has 1 fully saturated rings. The summed E-state index contributed by atoms with van der Waals surface area (Å²) >= 11 is 0. The van der Waals surface area contributed by atoms with Crippen molar-refractivity contribution in [2.45, 2.75) is 19.3 Å². The maximum Gasteiger partial charge on any atom is 0.226 e. The Kier molecular flexibility index (Phi) is 5.14. The van der Waals surface area contributed by atoms with E-state index >= 15 is 0 Å². The highest BCUT2D eigenvalue weighted by molar-refractivity contribution is 5.78. The van der Waals surface area contributed by atoms with E-state index in [0.717, 1.165) is 18.1 Å². The Balaban J connectivity index is 1.70. The van der Waals surface area contributed by atoms with Crippen LogP contribution < -0.4 is 0 Å². The Morgan fingerprint density at radius 2 is 2.10 bits per heavy atom. The molecular weight excluding hydrogens is 252 g/mol. The Morgan fingerprint density at radius 3 is 2.70 bits per heavy atom. The van der Waals surface area contributed by atoms with Crippen LogP contribution in [0.4, 0.5) is 0 Å². The van der Waals surface area contributed by atoms with Crippen molar-refractivity contribution in [3.8, 4) is 6.07 Å². The number of ether oxygens (including phenoxy) is 1. The zero-order chi connectivity index (χ0) is 14.4. The van der Waals surface area contributed by atoms with E-state index in [4.69, 9.17) is 10.00 Å². The quantitative estimate of drug-likeness (QED) is 0.713. The molecule has 0 bridgehead atoms. The SMILES string of the molecule is CN(CCOCC1CC1)C(=O)Cc1ccc(C#N)cc1. The molecule has 1 saturated carbocycles. The first-order chi connectivity index (χ1) is 9.69. The molecule has 0 radical (unpaired) electrons. The highest BCUT2D eigenvalue weighted by Crippen LogP contribution is 2.28. The van der Waals surface area contributed by atoms with Gasteiger partial charge < -0.3 is 9.64 Å². The van der Waals surface area contributed by atoms with E-state index in [1.54, 1.807) is 24.1 Å². The molecule has 0 N–H and O–H groups in total. The lowest BCUT2D eigenvalue weighted by Crippen LogP contribution is -2.31. The van der Waals surface area contributed by atoms with Crippen LogP contribution in [0.25, 0.3) is 0 Å². The predicted octanol–water partition coefficient (Wildman–Crippen LogP) is 1.99. The first-order valence-corrected chi connectivity index (χ1v) is 7.00. The standard InChI is InChI=1S/C16H20N2O2/c1-18(8-9-20-12-15-6-7-15)16(19)10-13-2-4-14(11-17)5-3-13/h2-5,15H,6-10,12H2,1H3. The van der Waals surface area contributed by atoms with Gasteiger partial charge in [-0.3, -0.25) is 4.79 Å². The Hall–Kier alpha value is -1.86. The maximum atomic E-state index is 12.0. The number of hydrogen-bond acceptors (Lipinski definition) is 3. The van der Waals surface area contributed by atoms with E-state index in [2.05, 4.69) is 6.07 Å². The van der Waals surface area contributed by atoms with Crippen molar-refractivity contribution < 1.29 is 9.53 Å². The van der Waals surface area contributed by atoms with Gasteiger partial charge in [0.1, 0.15) is 0 Å². The van der Waals surface area contributed by atoms with Gasteiger partial charge in [0.15, 0.2) is 0 Å². The van der Waals surface area contributed by atoms with Gasteiger partial charge in [-0.2, -0.15) is 5.26 Å². The number of carbonyl (C=O) groups is 1. The fourth-order valence-corrected chi connectivity index (χ4v) is 1.87. The second kappa shape index (κ2) is 7.06. The van der Waals surface area contributed by atoms with Gasteiger partial charge in [-0.15, -0.1) is 0 Å². The van der Waals surface area contributed by atoms with Gasteiger partial charge in [-0.25, -0.2) is 0 Å². The highest BCUT2D eigenvalue weighted by atomic mass is 16.5. The first-order valence-electron chi connectivity index (χ1n) is 7.00. The summed E-state index contributed by atoms with van der Waals surface area (Å²) in [5.74, 6) is 0.833. The van der Waals surface area contributed by atoms with Gasteiger partial charge in [0.05, 0.1) is 24.7 Å². The Labute approximate surface area is 120 Å². The van der Waals surface area contributed by atoms with E-state index in [0.29, 0.717) is 25.1 Å². The minimum absolute atomic E-state index is 0.0738. The zero-order valence-electron chi connectivity index (χ0n) is 11.8. The summed E-state index contributed by atoms with van der Waals surface area (Å²) in [7, 11) is 1.80. The van der Waals surface area contributed by atoms with Crippen LogP contribution in [0.5, 0.6) is 0 Å². The molecular formula is C16H20N2O2. The molecule has 106 valence electrons. The second-order valence-corrected chi connectivity index (χ2v) is 5.32. The van der Waals surface area contributed by atoms with Crippen molar-refractivity contribution >= 4 is 5.91 Å². The maximum absolute atomic E-state index is 12.0. The van der Waals surface area contributed by atoms with Gasteiger partial charge in [0.25, 0.3) is 0 Å². The van der Waals surface area contributed by atoms with Crippen LogP contribution >= 0.6 is 0 Å². The molecule has 4 heteroatoms. The van der Waals surface area contributed by atoms with Crippen LogP contribution in [-0.2, 0) is 16.0 Å². The normalized spacial score (nSPS) is 13.8. The fourth-order valence-electron chi connectivity index (χ4n) is 1.87. The third-order valence-electron chi connectivity index (χ3n) is 3.49. The second-order valence-electron chi connectivity index (χ2n) is 5.32. The molecule has 1 aromatic carbocycles. The molecule has 0 saturated heterocycles. The lowest BCUT2D eigenvalue weighted by molar-refractivity contribution is -0.129. The molecule has 1 aliphatic rings. The number of carbonyl (C=O) groups excluding carboxylic acids is 1. The number of amides is 1. The summed E-state index contributed by atoms with van der Waals surface area (Å²) in [5.41, 5.74) is 1.54. The molecule has 0 atom stereocenters. The molecule has 4 nitrogen and oxygen atoms in total. The Bertz CT molecular complexity index is 486.